The molecule has 190 valence electrons. The largest absolute Gasteiger partial charge is 0.378 e. The highest BCUT2D eigenvalue weighted by molar-refractivity contribution is 5.86. The summed E-state index contributed by atoms with van der Waals surface area (Å²) in [6.45, 7) is 3.84. The van der Waals surface area contributed by atoms with Crippen molar-refractivity contribution in [3.05, 3.63) is 0 Å². The first-order chi connectivity index (χ1) is 16.6. The molecule has 0 aromatic rings. The van der Waals surface area contributed by atoms with E-state index in [1.807, 2.05) is 4.90 Å². The van der Waals surface area contributed by atoms with Crippen LogP contribution in [0.1, 0.15) is 89.9 Å². The van der Waals surface area contributed by atoms with Gasteiger partial charge in [0.05, 0.1) is 19.3 Å². The van der Waals surface area contributed by atoms with Gasteiger partial charge in [-0.2, -0.15) is 5.26 Å². The number of ether oxygens (including phenoxy) is 1. The molecule has 4 aliphatic rings. The van der Waals surface area contributed by atoms with Gasteiger partial charge in [-0.1, -0.05) is 57.8 Å². The number of amides is 2. The molecule has 4 rings (SSSR count). The highest BCUT2D eigenvalue weighted by Gasteiger charge is 2.43. The lowest BCUT2D eigenvalue weighted by molar-refractivity contribution is -0.140. The highest BCUT2D eigenvalue weighted by atomic mass is 16.5. The fourth-order valence-electron chi connectivity index (χ4n) is 6.59. The van der Waals surface area contributed by atoms with Gasteiger partial charge in [0, 0.05) is 44.6 Å². The Labute approximate surface area is 205 Å². The summed E-state index contributed by atoms with van der Waals surface area (Å²) in [5.74, 6) is 0.120. The molecule has 4 fully saturated rings. The van der Waals surface area contributed by atoms with Crippen molar-refractivity contribution in [2.24, 2.45) is 11.8 Å². The Balaban J connectivity index is 1.40. The summed E-state index contributed by atoms with van der Waals surface area (Å²) in [5.41, 5.74) is -0.823. The molecule has 0 aromatic carbocycles. The Kier molecular flexibility index (Phi) is 9.24. The number of nitrogens with zero attached hydrogens (tertiary/aromatic N) is 3. The molecule has 0 aromatic heterocycles. The molecule has 2 aliphatic heterocycles. The fraction of sp³-hybridized carbons (Fsp3) is 0.889. The summed E-state index contributed by atoms with van der Waals surface area (Å²) in [4.78, 5) is 31.0. The van der Waals surface area contributed by atoms with Crippen LogP contribution in [-0.2, 0) is 14.3 Å². The summed E-state index contributed by atoms with van der Waals surface area (Å²) in [6.07, 6.45) is 15.2. The predicted molar refractivity (Wildman–Crippen MR) is 131 cm³/mol. The Bertz CT molecular complexity index is 718. The third kappa shape index (κ3) is 6.73. The van der Waals surface area contributed by atoms with Gasteiger partial charge < -0.3 is 15.0 Å². The van der Waals surface area contributed by atoms with Crippen LogP contribution < -0.4 is 5.32 Å². The van der Waals surface area contributed by atoms with Crippen LogP contribution in [0.3, 0.4) is 0 Å². The molecule has 0 unspecified atom stereocenters. The number of likely N-dealkylation sites (tertiary alicyclic amines) is 1. The van der Waals surface area contributed by atoms with Gasteiger partial charge in [-0.15, -0.1) is 0 Å². The summed E-state index contributed by atoms with van der Waals surface area (Å²) >= 11 is 0. The Morgan fingerprint density at radius 3 is 2.29 bits per heavy atom. The minimum atomic E-state index is -0.823. The van der Waals surface area contributed by atoms with Gasteiger partial charge in [0.15, 0.2) is 0 Å². The van der Waals surface area contributed by atoms with Crippen molar-refractivity contribution in [1.82, 2.24) is 15.1 Å². The second-order valence-electron chi connectivity index (χ2n) is 11.2. The third-order valence-electron chi connectivity index (χ3n) is 8.71. The first-order valence-electron chi connectivity index (χ1n) is 13.9. The van der Waals surface area contributed by atoms with Crippen molar-refractivity contribution in [2.45, 2.75) is 101 Å². The number of rotatable bonds is 7. The molecule has 7 nitrogen and oxygen atoms in total. The maximum absolute atomic E-state index is 13.6. The van der Waals surface area contributed by atoms with E-state index >= 15 is 0 Å². The Morgan fingerprint density at radius 2 is 1.62 bits per heavy atom. The van der Waals surface area contributed by atoms with Gasteiger partial charge in [0.25, 0.3) is 0 Å². The number of hydrogen-bond donors (Lipinski definition) is 1. The number of nitrogens with one attached hydrogen (secondary N) is 1. The van der Waals surface area contributed by atoms with Crippen LogP contribution >= 0.6 is 0 Å². The molecular formula is C27H44N4O3. The molecule has 2 saturated carbocycles. The maximum atomic E-state index is 13.6. The van der Waals surface area contributed by atoms with Gasteiger partial charge in [-0.05, 0) is 31.6 Å². The Hall–Kier alpha value is -1.65. The SMILES string of the molecule is N#C[C@@]1(NC(=O)[C@@H](CC(=O)N2CCOCC2)CC2CCCCC2)CCN(C2CCCCCC2)C1. The molecule has 34 heavy (non-hydrogen) atoms. The molecule has 1 N–H and O–H groups in total. The number of carbonyl (C=O) groups is 2. The van der Waals surface area contributed by atoms with Crippen LogP contribution in [0, 0.1) is 23.2 Å². The molecule has 2 heterocycles. The fourth-order valence-corrected chi connectivity index (χ4v) is 6.59. The molecule has 7 heteroatoms. The first-order valence-corrected chi connectivity index (χ1v) is 13.9. The summed E-state index contributed by atoms with van der Waals surface area (Å²) in [6, 6.07) is 3.02. The second-order valence-corrected chi connectivity index (χ2v) is 11.2. The van der Waals surface area contributed by atoms with Crippen molar-refractivity contribution in [1.29, 1.82) is 5.26 Å². The number of carbonyl (C=O) groups excluding carboxylic acids is 2. The molecule has 2 saturated heterocycles. The molecular weight excluding hydrogens is 428 g/mol. The van der Waals surface area contributed by atoms with Crippen LogP contribution in [0.25, 0.3) is 0 Å². The minimum absolute atomic E-state index is 0.0526. The van der Waals surface area contributed by atoms with Gasteiger partial charge in [0.1, 0.15) is 5.54 Å². The van der Waals surface area contributed by atoms with E-state index in [0.717, 1.165) is 25.8 Å². The zero-order chi connectivity index (χ0) is 23.8. The lowest BCUT2D eigenvalue weighted by atomic mass is 9.81. The van der Waals surface area contributed by atoms with E-state index in [2.05, 4.69) is 16.3 Å². The van der Waals surface area contributed by atoms with Gasteiger partial charge in [-0.25, -0.2) is 0 Å². The zero-order valence-corrected chi connectivity index (χ0v) is 20.9. The van der Waals surface area contributed by atoms with E-state index in [1.165, 1.54) is 57.8 Å². The zero-order valence-electron chi connectivity index (χ0n) is 20.9. The molecule has 0 spiro atoms. The molecule has 0 radical (unpaired) electrons. The van der Waals surface area contributed by atoms with E-state index in [9.17, 15) is 14.9 Å². The van der Waals surface area contributed by atoms with E-state index in [-0.39, 0.29) is 24.2 Å². The van der Waals surface area contributed by atoms with E-state index in [0.29, 0.717) is 51.2 Å². The maximum Gasteiger partial charge on any atom is 0.224 e. The second kappa shape index (κ2) is 12.4. The molecule has 2 amide bonds. The summed E-state index contributed by atoms with van der Waals surface area (Å²) in [7, 11) is 0. The highest BCUT2D eigenvalue weighted by Crippen LogP contribution is 2.33. The average Bonchev–Trinajstić information content (AvgIpc) is 3.10. The third-order valence-corrected chi connectivity index (χ3v) is 8.71. The van der Waals surface area contributed by atoms with Crippen LogP contribution in [0.2, 0.25) is 0 Å². The van der Waals surface area contributed by atoms with Crippen LogP contribution in [-0.4, -0.2) is 72.6 Å². The van der Waals surface area contributed by atoms with Crippen molar-refractivity contribution < 1.29 is 14.3 Å². The van der Waals surface area contributed by atoms with Crippen LogP contribution in [0.15, 0.2) is 0 Å². The predicted octanol–water partition coefficient (Wildman–Crippen LogP) is 3.63. The normalized spacial score (nSPS) is 28.7. The van der Waals surface area contributed by atoms with Gasteiger partial charge >= 0.3 is 0 Å². The topological polar surface area (TPSA) is 85.7 Å². The number of nitriles is 1. The molecule has 2 atom stereocenters. The number of morpholine rings is 1. The van der Waals surface area contributed by atoms with Crippen LogP contribution in [0.4, 0.5) is 0 Å². The minimum Gasteiger partial charge on any atom is -0.378 e. The van der Waals surface area contributed by atoms with Gasteiger partial charge in [-0.3, -0.25) is 14.5 Å². The van der Waals surface area contributed by atoms with Crippen molar-refractivity contribution in [2.75, 3.05) is 39.4 Å². The number of hydrogen-bond acceptors (Lipinski definition) is 5. The standard InChI is InChI=1S/C27H44N4O3/c28-20-27(12-13-31(21-27)24-10-6-1-2-7-11-24)29-26(33)23(18-22-8-4-3-5-9-22)19-25(32)30-14-16-34-17-15-30/h22-24H,1-19,21H2,(H,29,33)/t23-,27+/m1/s1. The quantitative estimate of drug-likeness (QED) is 0.572. The molecule has 2 aliphatic carbocycles. The summed E-state index contributed by atoms with van der Waals surface area (Å²) in [5, 5.41) is 13.3. The van der Waals surface area contributed by atoms with Crippen LogP contribution in [0.5, 0.6) is 0 Å². The van der Waals surface area contributed by atoms with E-state index in [4.69, 9.17) is 4.74 Å². The smallest absolute Gasteiger partial charge is 0.224 e. The average molecular weight is 473 g/mol. The van der Waals surface area contributed by atoms with E-state index in [1.54, 1.807) is 0 Å². The van der Waals surface area contributed by atoms with Gasteiger partial charge in [0.2, 0.25) is 11.8 Å². The lowest BCUT2D eigenvalue weighted by Crippen LogP contribution is -2.53. The Morgan fingerprint density at radius 1 is 0.971 bits per heavy atom. The van der Waals surface area contributed by atoms with E-state index < -0.39 is 5.54 Å². The van der Waals surface area contributed by atoms with Crippen molar-refractivity contribution >= 4 is 11.8 Å². The van der Waals surface area contributed by atoms with Crippen molar-refractivity contribution in [3.63, 3.8) is 0 Å². The van der Waals surface area contributed by atoms with Crippen molar-refractivity contribution in [3.8, 4) is 6.07 Å². The monoisotopic (exact) mass is 472 g/mol. The first kappa shape index (κ1) is 25.4. The summed E-state index contributed by atoms with van der Waals surface area (Å²) < 4.78 is 5.39. The molecule has 0 bridgehead atoms. The lowest BCUT2D eigenvalue weighted by Gasteiger charge is -2.32.